The van der Waals surface area contributed by atoms with E-state index in [-0.39, 0.29) is 0 Å². The van der Waals surface area contributed by atoms with Crippen LogP contribution in [0.1, 0.15) is 5.56 Å². The first kappa shape index (κ1) is 36.2. The van der Waals surface area contributed by atoms with E-state index >= 15 is 0 Å². The van der Waals surface area contributed by atoms with E-state index in [0.29, 0.717) is 39.8 Å². The van der Waals surface area contributed by atoms with Crippen LogP contribution in [0.3, 0.4) is 0 Å². The Morgan fingerprint density at radius 3 is 1.48 bits per heavy atom. The van der Waals surface area contributed by atoms with Gasteiger partial charge in [-0.05, 0) is 42.5 Å². The average Bonchev–Trinajstić information content (AvgIpc) is 4.15. The predicted octanol–water partition coefficient (Wildman–Crippen LogP) is 14.7. The van der Waals surface area contributed by atoms with Crippen molar-refractivity contribution in [2.24, 2.45) is 0 Å². The summed E-state index contributed by atoms with van der Waals surface area (Å²) in [5, 5.41) is 19.4. The van der Waals surface area contributed by atoms with E-state index in [1.165, 1.54) is 0 Å². The van der Waals surface area contributed by atoms with Gasteiger partial charge in [-0.15, -0.1) is 0 Å². The third-order valence-electron chi connectivity index (χ3n) is 13.0. The Labute approximate surface area is 375 Å². The summed E-state index contributed by atoms with van der Waals surface area (Å²) < 4.78 is 18.7. The topological polar surface area (TPSA) is 98.6 Å². The third-order valence-corrected chi connectivity index (χ3v) is 13.0. The van der Waals surface area contributed by atoms with Gasteiger partial charge in [0, 0.05) is 43.7 Å². The number of nitrogens with zero attached hydrogens (tertiary/aromatic N) is 6. The molecule has 0 fully saturated rings. The molecule has 0 aliphatic heterocycles. The number of para-hydroxylation sites is 5. The first-order chi connectivity index (χ1) is 32.7. The summed E-state index contributed by atoms with van der Waals surface area (Å²) in [6.07, 6.45) is 0. The van der Waals surface area contributed by atoms with Crippen molar-refractivity contribution in [3.05, 3.63) is 200 Å². The van der Waals surface area contributed by atoms with E-state index < -0.39 is 0 Å². The van der Waals surface area contributed by atoms with Gasteiger partial charge in [0.2, 0.25) is 0 Å². The number of nitriles is 1. The number of benzene rings is 9. The fourth-order valence-electron chi connectivity index (χ4n) is 10.3. The Balaban J connectivity index is 1.19. The van der Waals surface area contributed by atoms with Gasteiger partial charge in [-0.3, -0.25) is 0 Å². The monoisotopic (exact) mass is 844 g/mol. The number of fused-ring (bicyclic) bond motifs is 15. The van der Waals surface area contributed by atoms with E-state index in [4.69, 9.17) is 23.8 Å². The second-order valence-corrected chi connectivity index (χ2v) is 16.6. The van der Waals surface area contributed by atoms with Gasteiger partial charge in [0.1, 0.15) is 28.4 Å². The Morgan fingerprint density at radius 2 is 0.864 bits per heavy atom. The molecule has 8 heteroatoms. The van der Waals surface area contributed by atoms with Crippen molar-refractivity contribution in [2.45, 2.75) is 0 Å². The molecule has 0 saturated heterocycles. The van der Waals surface area contributed by atoms with Crippen molar-refractivity contribution < 1.29 is 8.83 Å². The van der Waals surface area contributed by atoms with Crippen LogP contribution in [0.2, 0.25) is 0 Å². The molecule has 0 unspecified atom stereocenters. The first-order valence-corrected chi connectivity index (χ1v) is 21.8. The quantitative estimate of drug-likeness (QED) is 0.171. The molecule has 0 saturated carbocycles. The minimum absolute atomic E-state index is 0.342. The molecule has 0 radical (unpaired) electrons. The molecule has 0 amide bonds. The molecule has 5 aromatic heterocycles. The minimum Gasteiger partial charge on any atom is -0.455 e. The van der Waals surface area contributed by atoms with Gasteiger partial charge in [0.05, 0.1) is 55.0 Å². The highest BCUT2D eigenvalue weighted by atomic mass is 16.3. The van der Waals surface area contributed by atoms with Crippen LogP contribution < -0.4 is 0 Å². The van der Waals surface area contributed by atoms with Crippen molar-refractivity contribution in [3.63, 3.8) is 0 Å². The fourth-order valence-corrected chi connectivity index (χ4v) is 10.3. The normalized spacial score (nSPS) is 11.9. The molecule has 9 aromatic carbocycles. The van der Waals surface area contributed by atoms with Gasteiger partial charge in [0.25, 0.3) is 0 Å². The van der Waals surface area contributed by atoms with Gasteiger partial charge in [-0.2, -0.15) is 5.26 Å². The third kappa shape index (κ3) is 5.05. The first-order valence-electron chi connectivity index (χ1n) is 21.8. The van der Waals surface area contributed by atoms with Crippen LogP contribution >= 0.6 is 0 Å². The van der Waals surface area contributed by atoms with Crippen LogP contribution in [0.25, 0.3) is 133 Å². The molecule has 0 aliphatic carbocycles. The summed E-state index contributed by atoms with van der Waals surface area (Å²) in [6, 6.07) is 68.3. The standard InChI is InChI=1S/C58H32N6O2/c59-33-36-32-44(48-40-26-12-16-30-45(40)65-54(48)47(36)58-61-56(34-18-4-1-5-19-34)60-57(62-58)35-20-6-2-7-21-35)64-43-29-15-10-24-38(43)49-52-50(55-51(53(49)64)41-27-13-17-31-46(41)66-55)39-25-11-14-28-42(39)63(52)37-22-8-3-9-23-37/h1-32H. The fraction of sp³-hybridized carbons (Fsp3) is 0. The van der Waals surface area contributed by atoms with Crippen molar-refractivity contribution in [2.75, 3.05) is 0 Å². The Kier molecular flexibility index (Phi) is 7.59. The maximum absolute atomic E-state index is 11.4. The van der Waals surface area contributed by atoms with Crippen molar-refractivity contribution in [3.8, 4) is 51.6 Å². The molecule has 0 atom stereocenters. The Hall–Kier alpha value is -9.32. The van der Waals surface area contributed by atoms with Gasteiger partial charge < -0.3 is 18.0 Å². The van der Waals surface area contributed by atoms with Gasteiger partial charge >= 0.3 is 0 Å². The SMILES string of the molecule is N#Cc1cc(-n2c3ccccc3c3c4c(c5ccccc5n4-c4ccccc4)c4oc5ccccc5c4c32)c2c(oc3ccccc32)c1-c1nc(-c2ccccc2)nc(-c2ccccc2)n1. The maximum atomic E-state index is 11.4. The summed E-state index contributed by atoms with van der Waals surface area (Å²) in [7, 11) is 0. The Bertz CT molecular complexity index is 4290. The lowest BCUT2D eigenvalue weighted by molar-refractivity contribution is 0.669. The highest BCUT2D eigenvalue weighted by Crippen LogP contribution is 2.51. The van der Waals surface area contributed by atoms with E-state index in [2.05, 4.69) is 112 Å². The van der Waals surface area contributed by atoms with Crippen molar-refractivity contribution in [1.29, 1.82) is 5.26 Å². The van der Waals surface area contributed by atoms with Crippen molar-refractivity contribution >= 4 is 87.5 Å². The van der Waals surface area contributed by atoms with Crippen LogP contribution in [-0.2, 0) is 0 Å². The molecule has 14 aromatic rings. The molecular formula is C58H32N6O2. The molecule has 66 heavy (non-hydrogen) atoms. The zero-order valence-corrected chi connectivity index (χ0v) is 35.0. The summed E-state index contributed by atoms with van der Waals surface area (Å²) >= 11 is 0. The molecule has 0 N–H and O–H groups in total. The lowest BCUT2D eigenvalue weighted by Crippen LogP contribution is -2.03. The average molecular weight is 845 g/mol. The molecular weight excluding hydrogens is 813 g/mol. The summed E-state index contributed by atoms with van der Waals surface area (Å²) in [6.45, 7) is 0. The lowest BCUT2D eigenvalue weighted by Gasteiger charge is -2.15. The lowest BCUT2D eigenvalue weighted by atomic mass is 9.99. The van der Waals surface area contributed by atoms with Crippen LogP contribution in [0.4, 0.5) is 0 Å². The number of furan rings is 2. The number of aromatic nitrogens is 5. The summed E-state index contributed by atoms with van der Waals surface area (Å²) in [5.41, 5.74) is 11.2. The highest BCUT2D eigenvalue weighted by molar-refractivity contribution is 6.39. The van der Waals surface area contributed by atoms with Gasteiger partial charge in [-0.25, -0.2) is 15.0 Å². The van der Waals surface area contributed by atoms with Crippen LogP contribution in [0.5, 0.6) is 0 Å². The van der Waals surface area contributed by atoms with Gasteiger partial charge in [0.15, 0.2) is 17.5 Å². The smallest absolute Gasteiger partial charge is 0.169 e. The van der Waals surface area contributed by atoms with Crippen LogP contribution in [-0.4, -0.2) is 24.1 Å². The van der Waals surface area contributed by atoms with Crippen LogP contribution in [0, 0.1) is 11.3 Å². The molecule has 0 bridgehead atoms. The molecule has 306 valence electrons. The molecule has 0 spiro atoms. The van der Waals surface area contributed by atoms with E-state index in [1.54, 1.807) is 0 Å². The molecule has 5 heterocycles. The summed E-state index contributed by atoms with van der Waals surface area (Å²) in [4.78, 5) is 15.2. The molecule has 0 aliphatic rings. The molecule has 8 nitrogen and oxygen atoms in total. The maximum Gasteiger partial charge on any atom is 0.169 e. The zero-order chi connectivity index (χ0) is 43.5. The molecule has 14 rings (SSSR count). The largest absolute Gasteiger partial charge is 0.455 e. The van der Waals surface area contributed by atoms with E-state index in [0.717, 1.165) is 98.8 Å². The van der Waals surface area contributed by atoms with E-state index in [1.807, 2.05) is 97.1 Å². The van der Waals surface area contributed by atoms with Crippen LogP contribution in [0.15, 0.2) is 203 Å². The Morgan fingerprint density at radius 1 is 0.409 bits per heavy atom. The van der Waals surface area contributed by atoms with Gasteiger partial charge in [-0.1, -0.05) is 152 Å². The number of hydrogen-bond donors (Lipinski definition) is 0. The minimum atomic E-state index is 0.342. The number of rotatable bonds is 5. The zero-order valence-electron chi connectivity index (χ0n) is 35.0. The highest BCUT2D eigenvalue weighted by Gasteiger charge is 2.31. The second-order valence-electron chi connectivity index (χ2n) is 16.6. The number of hydrogen-bond acceptors (Lipinski definition) is 6. The van der Waals surface area contributed by atoms with Crippen molar-refractivity contribution in [1.82, 2.24) is 24.1 Å². The van der Waals surface area contributed by atoms with E-state index in [9.17, 15) is 5.26 Å². The second kappa shape index (κ2) is 13.8. The summed E-state index contributed by atoms with van der Waals surface area (Å²) in [5.74, 6) is 1.33. The predicted molar refractivity (Wildman–Crippen MR) is 264 cm³/mol.